The fourth-order valence-corrected chi connectivity index (χ4v) is 6.49. The first-order chi connectivity index (χ1) is 21.8. The van der Waals surface area contributed by atoms with Crippen LogP contribution >= 0.6 is 0 Å². The fraction of sp³-hybridized carbons (Fsp3) is 0. The third kappa shape index (κ3) is 3.69. The second-order valence-electron chi connectivity index (χ2n) is 10.9. The molecule has 5 heteroatoms. The summed E-state index contributed by atoms with van der Waals surface area (Å²) in [6, 6.07) is 50.5. The molecule has 0 saturated heterocycles. The Labute approximate surface area is 253 Å². The third-order valence-corrected chi connectivity index (χ3v) is 8.39. The first-order valence-corrected chi connectivity index (χ1v) is 14.7. The summed E-state index contributed by atoms with van der Waals surface area (Å²) in [5.41, 5.74) is 8.96. The Morgan fingerprint density at radius 3 is 1.66 bits per heavy atom. The molecule has 0 fully saturated rings. The maximum absolute atomic E-state index is 5.25. The Morgan fingerprint density at radius 1 is 0.409 bits per heavy atom. The SMILES string of the molecule is c1ccc(-c2cc(-c3ccccn3)nc(-n3c4ccccc4c4ccc5c6ccccc6n(-c6ccccc6)c5c43)n2)cc1. The van der Waals surface area contributed by atoms with Gasteiger partial charge in [-0.15, -0.1) is 0 Å². The van der Waals surface area contributed by atoms with Crippen molar-refractivity contribution in [2.45, 2.75) is 0 Å². The quantitative estimate of drug-likeness (QED) is 0.214. The zero-order valence-electron chi connectivity index (χ0n) is 23.7. The third-order valence-electron chi connectivity index (χ3n) is 8.39. The highest BCUT2D eigenvalue weighted by Crippen LogP contribution is 2.41. The lowest BCUT2D eigenvalue weighted by molar-refractivity contribution is 0.991. The number of hydrogen-bond acceptors (Lipinski definition) is 3. The van der Waals surface area contributed by atoms with Gasteiger partial charge in [-0.3, -0.25) is 9.55 Å². The van der Waals surface area contributed by atoms with Crippen LogP contribution in [0.4, 0.5) is 0 Å². The zero-order valence-corrected chi connectivity index (χ0v) is 23.7. The van der Waals surface area contributed by atoms with Crippen LogP contribution < -0.4 is 0 Å². The van der Waals surface area contributed by atoms with Gasteiger partial charge in [0.1, 0.15) is 0 Å². The summed E-state index contributed by atoms with van der Waals surface area (Å²) in [6.45, 7) is 0. The van der Waals surface area contributed by atoms with Crippen LogP contribution in [0, 0.1) is 0 Å². The topological polar surface area (TPSA) is 48.5 Å². The molecule has 0 aliphatic heterocycles. The number of aromatic nitrogens is 5. The molecule has 0 aliphatic rings. The van der Waals surface area contributed by atoms with Gasteiger partial charge in [-0.25, -0.2) is 9.97 Å². The zero-order chi connectivity index (χ0) is 29.0. The predicted octanol–water partition coefficient (Wildman–Crippen LogP) is 9.40. The molecule has 0 radical (unpaired) electrons. The number of pyridine rings is 1. The number of rotatable bonds is 4. The van der Waals surface area contributed by atoms with Crippen molar-refractivity contribution in [3.05, 3.63) is 152 Å². The molecule has 0 bridgehead atoms. The van der Waals surface area contributed by atoms with Crippen LogP contribution in [0.3, 0.4) is 0 Å². The standard InChI is InChI=1S/C39H25N5/c1-3-13-26(14-4-1)33-25-34(32-19-11-12-24-40-32)42-39(41-33)44-36-21-10-8-18-29(36)31-23-22-30-28-17-7-9-20-35(28)43(37(30)38(31)44)27-15-5-2-6-16-27/h1-25H. The Hall–Kier alpha value is -6.07. The van der Waals surface area contributed by atoms with Crippen molar-refractivity contribution in [1.82, 2.24) is 24.1 Å². The number of hydrogen-bond donors (Lipinski definition) is 0. The Morgan fingerprint density at radius 2 is 0.977 bits per heavy atom. The van der Waals surface area contributed by atoms with Crippen molar-refractivity contribution in [3.8, 4) is 34.3 Å². The summed E-state index contributed by atoms with van der Waals surface area (Å²) in [6.07, 6.45) is 1.81. The molecule has 0 spiro atoms. The molecule has 5 aromatic carbocycles. The molecule has 0 unspecified atom stereocenters. The summed E-state index contributed by atoms with van der Waals surface area (Å²) in [7, 11) is 0. The molecule has 0 atom stereocenters. The lowest BCUT2D eigenvalue weighted by Crippen LogP contribution is -2.05. The molecule has 9 rings (SSSR count). The summed E-state index contributed by atoms with van der Waals surface area (Å²) in [5, 5.41) is 4.70. The van der Waals surface area contributed by atoms with E-state index in [-0.39, 0.29) is 0 Å². The summed E-state index contributed by atoms with van der Waals surface area (Å²) in [4.78, 5) is 15.1. The highest BCUT2D eigenvalue weighted by molar-refractivity contribution is 6.23. The van der Waals surface area contributed by atoms with Crippen molar-refractivity contribution in [3.63, 3.8) is 0 Å². The van der Waals surface area contributed by atoms with E-state index in [2.05, 4.69) is 117 Å². The van der Waals surface area contributed by atoms with E-state index in [1.165, 1.54) is 10.8 Å². The number of benzene rings is 5. The van der Waals surface area contributed by atoms with Gasteiger partial charge in [-0.1, -0.05) is 103 Å². The normalized spacial score (nSPS) is 11.6. The fourth-order valence-electron chi connectivity index (χ4n) is 6.49. The Balaban J connectivity index is 1.48. The minimum atomic E-state index is 0.607. The van der Waals surface area contributed by atoms with Crippen LogP contribution in [-0.4, -0.2) is 24.1 Å². The van der Waals surface area contributed by atoms with E-state index in [1.807, 2.05) is 48.7 Å². The van der Waals surface area contributed by atoms with E-state index < -0.39 is 0 Å². The molecule has 9 aromatic rings. The lowest BCUT2D eigenvalue weighted by Gasteiger charge is -2.13. The van der Waals surface area contributed by atoms with Crippen LogP contribution in [0.5, 0.6) is 0 Å². The maximum Gasteiger partial charge on any atom is 0.235 e. The van der Waals surface area contributed by atoms with Gasteiger partial charge in [0, 0.05) is 39.0 Å². The van der Waals surface area contributed by atoms with Gasteiger partial charge in [0.2, 0.25) is 5.95 Å². The first-order valence-electron chi connectivity index (χ1n) is 14.7. The largest absolute Gasteiger partial charge is 0.307 e. The molecular weight excluding hydrogens is 538 g/mol. The van der Waals surface area contributed by atoms with Crippen LogP contribution in [0.1, 0.15) is 0 Å². The molecular formula is C39H25N5. The van der Waals surface area contributed by atoms with E-state index in [1.54, 1.807) is 0 Å². The van der Waals surface area contributed by atoms with Gasteiger partial charge in [0.15, 0.2) is 0 Å². The van der Waals surface area contributed by atoms with Gasteiger partial charge in [-0.05, 0) is 42.5 Å². The second-order valence-corrected chi connectivity index (χ2v) is 10.9. The van der Waals surface area contributed by atoms with Gasteiger partial charge >= 0.3 is 0 Å². The average molecular weight is 564 g/mol. The first kappa shape index (κ1) is 24.5. The molecule has 5 nitrogen and oxygen atoms in total. The molecule has 4 heterocycles. The number of nitrogens with zero attached hydrogens (tertiary/aromatic N) is 5. The summed E-state index contributed by atoms with van der Waals surface area (Å²) < 4.78 is 4.62. The maximum atomic E-state index is 5.25. The lowest BCUT2D eigenvalue weighted by atomic mass is 10.1. The molecule has 0 N–H and O–H groups in total. The molecule has 0 aliphatic carbocycles. The van der Waals surface area contributed by atoms with Crippen LogP contribution in [0.25, 0.3) is 77.9 Å². The van der Waals surface area contributed by atoms with Crippen LogP contribution in [-0.2, 0) is 0 Å². The van der Waals surface area contributed by atoms with Gasteiger partial charge < -0.3 is 4.57 Å². The molecule has 206 valence electrons. The number of para-hydroxylation sites is 3. The highest BCUT2D eigenvalue weighted by atomic mass is 15.2. The van der Waals surface area contributed by atoms with Gasteiger partial charge in [0.25, 0.3) is 0 Å². The Bertz CT molecular complexity index is 2420. The van der Waals surface area contributed by atoms with Gasteiger partial charge in [-0.2, -0.15) is 0 Å². The van der Waals surface area contributed by atoms with Crippen molar-refractivity contribution >= 4 is 43.6 Å². The minimum Gasteiger partial charge on any atom is -0.307 e. The van der Waals surface area contributed by atoms with E-state index in [9.17, 15) is 0 Å². The van der Waals surface area contributed by atoms with Crippen molar-refractivity contribution in [2.75, 3.05) is 0 Å². The molecule has 0 saturated carbocycles. The monoisotopic (exact) mass is 563 g/mol. The molecule has 4 aromatic heterocycles. The van der Waals surface area contributed by atoms with Crippen LogP contribution in [0.2, 0.25) is 0 Å². The highest BCUT2D eigenvalue weighted by Gasteiger charge is 2.23. The van der Waals surface area contributed by atoms with Crippen LogP contribution in [0.15, 0.2) is 152 Å². The van der Waals surface area contributed by atoms with E-state index in [0.717, 1.165) is 61.2 Å². The van der Waals surface area contributed by atoms with Crippen molar-refractivity contribution < 1.29 is 0 Å². The van der Waals surface area contributed by atoms with Crippen molar-refractivity contribution in [1.29, 1.82) is 0 Å². The average Bonchev–Trinajstić information content (AvgIpc) is 3.62. The van der Waals surface area contributed by atoms with E-state index >= 15 is 0 Å². The van der Waals surface area contributed by atoms with E-state index in [4.69, 9.17) is 9.97 Å². The summed E-state index contributed by atoms with van der Waals surface area (Å²) >= 11 is 0. The predicted molar refractivity (Wildman–Crippen MR) is 179 cm³/mol. The molecule has 0 amide bonds. The Kier molecular flexibility index (Phi) is 5.43. The second kappa shape index (κ2) is 9.75. The van der Waals surface area contributed by atoms with E-state index in [0.29, 0.717) is 5.95 Å². The van der Waals surface area contributed by atoms with Crippen molar-refractivity contribution in [2.24, 2.45) is 0 Å². The minimum absolute atomic E-state index is 0.607. The summed E-state index contributed by atoms with van der Waals surface area (Å²) in [5.74, 6) is 0.607. The van der Waals surface area contributed by atoms with Gasteiger partial charge in [0.05, 0.1) is 39.1 Å². The molecule has 44 heavy (non-hydrogen) atoms. The number of fused-ring (bicyclic) bond motifs is 7. The smallest absolute Gasteiger partial charge is 0.235 e.